The van der Waals surface area contributed by atoms with E-state index in [2.05, 4.69) is 16.0 Å². The Bertz CT molecular complexity index is 1080. The third-order valence-electron chi connectivity index (χ3n) is 5.35. The van der Waals surface area contributed by atoms with E-state index in [0.717, 1.165) is 21.9 Å². The van der Waals surface area contributed by atoms with Gasteiger partial charge in [0.2, 0.25) is 17.7 Å². The molecule has 3 aromatic rings. The Labute approximate surface area is 188 Å². The molecule has 0 radical (unpaired) electrons. The number of nitrogens with one attached hydrogen (secondary N) is 3. The van der Waals surface area contributed by atoms with Gasteiger partial charge < -0.3 is 16.0 Å². The second kappa shape index (κ2) is 11.1. The summed E-state index contributed by atoms with van der Waals surface area (Å²) in [5.74, 6) is -0.885. The van der Waals surface area contributed by atoms with Gasteiger partial charge in [-0.05, 0) is 35.2 Å². The van der Waals surface area contributed by atoms with Crippen LogP contribution in [0.2, 0.25) is 0 Å². The van der Waals surface area contributed by atoms with Gasteiger partial charge in [0.05, 0.1) is 6.42 Å². The van der Waals surface area contributed by atoms with E-state index in [4.69, 9.17) is 0 Å². The number of carbonyl (C=O) groups is 3. The predicted octanol–water partition coefficient (Wildman–Crippen LogP) is 3.10. The third kappa shape index (κ3) is 6.17. The smallest absolute Gasteiger partial charge is 0.243 e. The van der Waals surface area contributed by atoms with Crippen LogP contribution in [0.5, 0.6) is 0 Å². The highest BCUT2D eigenvalue weighted by Gasteiger charge is 2.23. The summed E-state index contributed by atoms with van der Waals surface area (Å²) in [5.41, 5.74) is 1.89. The fourth-order valence-electron chi connectivity index (χ4n) is 3.54. The Morgan fingerprint density at radius 3 is 2.25 bits per heavy atom. The quantitative estimate of drug-likeness (QED) is 0.487. The fourth-order valence-corrected chi connectivity index (χ4v) is 3.54. The van der Waals surface area contributed by atoms with Crippen molar-refractivity contribution in [2.45, 2.75) is 45.3 Å². The van der Waals surface area contributed by atoms with Gasteiger partial charge in [0.15, 0.2) is 0 Å². The number of amides is 3. The summed E-state index contributed by atoms with van der Waals surface area (Å²) in [4.78, 5) is 37.5. The van der Waals surface area contributed by atoms with Crippen LogP contribution in [-0.2, 0) is 27.3 Å². The van der Waals surface area contributed by atoms with Crippen LogP contribution in [0, 0.1) is 0 Å². The predicted molar refractivity (Wildman–Crippen MR) is 126 cm³/mol. The molecular weight excluding hydrogens is 402 g/mol. The molecule has 3 amide bonds. The number of hydrogen-bond donors (Lipinski definition) is 3. The summed E-state index contributed by atoms with van der Waals surface area (Å²) >= 11 is 0. The van der Waals surface area contributed by atoms with E-state index in [-0.39, 0.29) is 24.1 Å². The zero-order valence-electron chi connectivity index (χ0n) is 18.4. The van der Waals surface area contributed by atoms with Crippen molar-refractivity contribution in [2.24, 2.45) is 0 Å². The molecule has 0 aliphatic rings. The van der Waals surface area contributed by atoms with Crippen LogP contribution in [0.25, 0.3) is 10.8 Å². The Balaban J connectivity index is 1.51. The van der Waals surface area contributed by atoms with Gasteiger partial charge in [0.1, 0.15) is 12.1 Å². The largest absolute Gasteiger partial charge is 0.350 e. The van der Waals surface area contributed by atoms with Crippen molar-refractivity contribution in [2.75, 3.05) is 0 Å². The molecule has 32 heavy (non-hydrogen) atoms. The van der Waals surface area contributed by atoms with E-state index in [1.54, 1.807) is 6.92 Å². The van der Waals surface area contributed by atoms with E-state index < -0.39 is 12.1 Å². The highest BCUT2D eigenvalue weighted by atomic mass is 16.2. The molecule has 3 rings (SSSR count). The highest BCUT2D eigenvalue weighted by Crippen LogP contribution is 2.18. The third-order valence-corrected chi connectivity index (χ3v) is 5.35. The first-order valence-electron chi connectivity index (χ1n) is 10.9. The average Bonchev–Trinajstić information content (AvgIpc) is 2.81. The zero-order chi connectivity index (χ0) is 22.9. The lowest BCUT2D eigenvalue weighted by Crippen LogP contribution is -2.52. The Kier molecular flexibility index (Phi) is 7.97. The lowest BCUT2D eigenvalue weighted by Gasteiger charge is -2.20. The molecule has 0 fully saturated rings. The van der Waals surface area contributed by atoms with Crippen LogP contribution < -0.4 is 16.0 Å². The summed E-state index contributed by atoms with van der Waals surface area (Å²) in [6, 6.07) is 21.9. The van der Waals surface area contributed by atoms with Gasteiger partial charge in [-0.1, -0.05) is 79.7 Å². The Morgan fingerprint density at radius 1 is 0.812 bits per heavy atom. The molecule has 0 aliphatic carbocycles. The van der Waals surface area contributed by atoms with Crippen molar-refractivity contribution in [1.82, 2.24) is 16.0 Å². The maximum absolute atomic E-state index is 12.6. The van der Waals surface area contributed by atoms with Crippen LogP contribution in [0.4, 0.5) is 0 Å². The molecule has 2 atom stereocenters. The van der Waals surface area contributed by atoms with Crippen molar-refractivity contribution in [3.8, 4) is 0 Å². The molecule has 0 saturated heterocycles. The van der Waals surface area contributed by atoms with Gasteiger partial charge in [-0.2, -0.15) is 0 Å². The number of carbonyl (C=O) groups excluding carboxylic acids is 3. The van der Waals surface area contributed by atoms with Crippen LogP contribution in [0.3, 0.4) is 0 Å². The maximum atomic E-state index is 12.6. The van der Waals surface area contributed by atoms with Crippen LogP contribution in [0.1, 0.15) is 31.4 Å². The SMILES string of the molecule is CC[C@H](NC(=O)Cc1ccccc1)C(=O)N[C@@H](C)C(=O)NCc1cccc2ccccc12. The minimum absolute atomic E-state index is 0.200. The van der Waals surface area contributed by atoms with Crippen molar-refractivity contribution < 1.29 is 14.4 Å². The Morgan fingerprint density at radius 2 is 1.50 bits per heavy atom. The zero-order valence-corrected chi connectivity index (χ0v) is 18.4. The van der Waals surface area contributed by atoms with Crippen LogP contribution in [0.15, 0.2) is 72.8 Å². The van der Waals surface area contributed by atoms with Crippen molar-refractivity contribution in [3.05, 3.63) is 83.9 Å². The van der Waals surface area contributed by atoms with Gasteiger partial charge >= 0.3 is 0 Å². The van der Waals surface area contributed by atoms with Crippen LogP contribution in [-0.4, -0.2) is 29.8 Å². The molecule has 0 spiro atoms. The monoisotopic (exact) mass is 431 g/mol. The van der Waals surface area contributed by atoms with E-state index in [1.807, 2.05) is 79.7 Å². The van der Waals surface area contributed by atoms with E-state index in [9.17, 15) is 14.4 Å². The number of benzene rings is 3. The normalized spacial score (nSPS) is 12.6. The number of rotatable bonds is 9. The van der Waals surface area contributed by atoms with Crippen molar-refractivity contribution in [3.63, 3.8) is 0 Å². The van der Waals surface area contributed by atoms with E-state index in [0.29, 0.717) is 13.0 Å². The maximum Gasteiger partial charge on any atom is 0.243 e. The first kappa shape index (κ1) is 23.0. The average molecular weight is 432 g/mol. The molecule has 0 aromatic heterocycles. The van der Waals surface area contributed by atoms with E-state index in [1.165, 1.54) is 0 Å². The summed E-state index contributed by atoms with van der Waals surface area (Å²) in [6.45, 7) is 3.82. The van der Waals surface area contributed by atoms with E-state index >= 15 is 0 Å². The van der Waals surface area contributed by atoms with Crippen molar-refractivity contribution in [1.29, 1.82) is 0 Å². The summed E-state index contributed by atoms with van der Waals surface area (Å²) in [6.07, 6.45) is 0.627. The Hall–Kier alpha value is -3.67. The molecule has 0 aliphatic heterocycles. The molecule has 6 nitrogen and oxygen atoms in total. The van der Waals surface area contributed by atoms with Gasteiger partial charge in [-0.3, -0.25) is 14.4 Å². The van der Waals surface area contributed by atoms with Gasteiger partial charge in [-0.25, -0.2) is 0 Å². The lowest BCUT2D eigenvalue weighted by atomic mass is 10.0. The molecule has 0 unspecified atom stereocenters. The highest BCUT2D eigenvalue weighted by molar-refractivity contribution is 5.92. The molecule has 0 bridgehead atoms. The summed E-state index contributed by atoms with van der Waals surface area (Å²) in [7, 11) is 0. The van der Waals surface area contributed by atoms with Crippen LogP contribution >= 0.6 is 0 Å². The van der Waals surface area contributed by atoms with Crippen molar-refractivity contribution >= 4 is 28.5 Å². The minimum Gasteiger partial charge on any atom is -0.350 e. The molecule has 6 heteroatoms. The second-order valence-corrected chi connectivity index (χ2v) is 7.78. The summed E-state index contributed by atoms with van der Waals surface area (Å²) < 4.78 is 0. The molecule has 0 saturated carbocycles. The first-order valence-corrected chi connectivity index (χ1v) is 10.9. The van der Waals surface area contributed by atoms with Gasteiger partial charge in [0.25, 0.3) is 0 Å². The second-order valence-electron chi connectivity index (χ2n) is 7.78. The molecule has 166 valence electrons. The lowest BCUT2D eigenvalue weighted by molar-refractivity contribution is -0.131. The first-order chi connectivity index (χ1) is 15.5. The van der Waals surface area contributed by atoms with Gasteiger partial charge in [-0.15, -0.1) is 0 Å². The number of hydrogen-bond acceptors (Lipinski definition) is 3. The number of fused-ring (bicyclic) bond motifs is 1. The molecular formula is C26H29N3O3. The van der Waals surface area contributed by atoms with Gasteiger partial charge in [0, 0.05) is 6.54 Å². The standard InChI is InChI=1S/C26H29N3O3/c1-3-23(29-24(30)16-19-10-5-4-6-11-19)26(32)28-18(2)25(31)27-17-21-14-9-13-20-12-7-8-15-22(20)21/h4-15,18,23H,3,16-17H2,1-2H3,(H,27,31)(H,28,32)(H,29,30)/t18-,23-/m0/s1. The molecule has 0 heterocycles. The minimum atomic E-state index is -0.724. The molecule has 3 aromatic carbocycles. The topological polar surface area (TPSA) is 87.3 Å². The molecule has 3 N–H and O–H groups in total. The fraction of sp³-hybridized carbons (Fsp3) is 0.269. The summed E-state index contributed by atoms with van der Waals surface area (Å²) in [5, 5.41) is 10.5.